The molecule has 0 heteroatoms. The van der Waals surface area contributed by atoms with Gasteiger partial charge in [-0.25, -0.2) is 0 Å². The fraction of sp³-hybridized carbons (Fsp3) is 1.00. The normalized spacial score (nSPS) is 33.5. The van der Waals surface area contributed by atoms with E-state index in [-0.39, 0.29) is 0 Å². The van der Waals surface area contributed by atoms with Crippen molar-refractivity contribution in [1.29, 1.82) is 0 Å². The molecule has 0 N–H and O–H groups in total. The Hall–Kier alpha value is 0. The van der Waals surface area contributed by atoms with Gasteiger partial charge >= 0.3 is 0 Å². The molecule has 0 aromatic carbocycles. The summed E-state index contributed by atoms with van der Waals surface area (Å²) in [6.45, 7) is 12.2. The van der Waals surface area contributed by atoms with Crippen molar-refractivity contribution in [1.82, 2.24) is 0 Å². The van der Waals surface area contributed by atoms with Gasteiger partial charge in [-0.1, -0.05) is 53.9 Å². The van der Waals surface area contributed by atoms with Gasteiger partial charge < -0.3 is 0 Å². The maximum absolute atomic E-state index is 2.45. The lowest BCUT2D eigenvalue weighted by atomic mass is 9.64. The molecule has 0 nitrogen and oxygen atoms in total. The first-order valence-electron chi connectivity index (χ1n) is 5.83. The molecule has 0 aromatic rings. The summed E-state index contributed by atoms with van der Waals surface area (Å²) in [6.07, 6.45) is 7.12. The van der Waals surface area contributed by atoms with Gasteiger partial charge in [0.25, 0.3) is 0 Å². The summed E-state index contributed by atoms with van der Waals surface area (Å²) >= 11 is 0. The fourth-order valence-corrected chi connectivity index (χ4v) is 2.94. The molecule has 0 aliphatic heterocycles. The zero-order valence-corrected chi connectivity index (χ0v) is 10.1. The number of hydrogen-bond acceptors (Lipinski definition) is 0. The molecule has 1 aliphatic carbocycles. The molecule has 0 aromatic heterocycles. The van der Waals surface area contributed by atoms with Crippen LogP contribution in [0.3, 0.4) is 0 Å². The number of rotatable bonds is 0. The van der Waals surface area contributed by atoms with Crippen molar-refractivity contribution in [3.8, 4) is 0 Å². The summed E-state index contributed by atoms with van der Waals surface area (Å²) in [5.74, 6) is 0.895. The first-order chi connectivity index (χ1) is 5.83. The first-order valence-corrected chi connectivity index (χ1v) is 5.83. The fourth-order valence-electron chi connectivity index (χ4n) is 2.94. The third-order valence-electron chi connectivity index (χ3n) is 4.01. The van der Waals surface area contributed by atoms with E-state index in [4.69, 9.17) is 0 Å². The van der Waals surface area contributed by atoms with Gasteiger partial charge in [-0.05, 0) is 29.6 Å². The molecule has 1 unspecified atom stereocenters. The summed E-state index contributed by atoms with van der Waals surface area (Å²) in [6, 6.07) is 0. The highest BCUT2D eigenvalue weighted by atomic mass is 14.4. The van der Waals surface area contributed by atoms with Crippen molar-refractivity contribution in [2.45, 2.75) is 66.7 Å². The van der Waals surface area contributed by atoms with Crippen LogP contribution in [-0.2, 0) is 0 Å². The lowest BCUT2D eigenvalue weighted by Crippen LogP contribution is -2.30. The van der Waals surface area contributed by atoms with Gasteiger partial charge in [0.05, 0.1) is 0 Å². The topological polar surface area (TPSA) is 0 Å². The summed E-state index contributed by atoms with van der Waals surface area (Å²) in [4.78, 5) is 0. The molecule has 1 aliphatic rings. The Bertz CT molecular complexity index is 165. The molecule has 0 amide bonds. The van der Waals surface area contributed by atoms with Crippen molar-refractivity contribution in [3.05, 3.63) is 0 Å². The van der Waals surface area contributed by atoms with E-state index in [1.54, 1.807) is 0 Å². The van der Waals surface area contributed by atoms with Crippen LogP contribution in [0.5, 0.6) is 0 Å². The summed E-state index contributed by atoms with van der Waals surface area (Å²) in [5.41, 5.74) is 1.11. The molecule has 13 heavy (non-hydrogen) atoms. The predicted molar refractivity (Wildman–Crippen MR) is 59.8 cm³/mol. The van der Waals surface area contributed by atoms with E-state index >= 15 is 0 Å². The molecule has 0 radical (unpaired) electrons. The molecule has 78 valence electrons. The molecular weight excluding hydrogens is 156 g/mol. The molecule has 1 fully saturated rings. The lowest BCUT2D eigenvalue weighted by molar-refractivity contribution is 0.0965. The zero-order valence-electron chi connectivity index (χ0n) is 10.1. The van der Waals surface area contributed by atoms with Crippen molar-refractivity contribution >= 4 is 0 Å². The van der Waals surface area contributed by atoms with Crippen LogP contribution in [0, 0.1) is 16.7 Å². The molecular formula is C13H26. The molecule has 1 rings (SSSR count). The Morgan fingerprint density at radius 2 is 1.62 bits per heavy atom. The van der Waals surface area contributed by atoms with Gasteiger partial charge in [0.1, 0.15) is 0 Å². The van der Waals surface area contributed by atoms with E-state index in [1.807, 2.05) is 0 Å². The van der Waals surface area contributed by atoms with Crippen LogP contribution in [0.4, 0.5) is 0 Å². The van der Waals surface area contributed by atoms with Crippen LogP contribution in [0.25, 0.3) is 0 Å². The van der Waals surface area contributed by atoms with Gasteiger partial charge in [-0.3, -0.25) is 0 Å². The van der Waals surface area contributed by atoms with Crippen LogP contribution in [-0.4, -0.2) is 0 Å². The van der Waals surface area contributed by atoms with Crippen molar-refractivity contribution in [2.24, 2.45) is 16.7 Å². The highest BCUT2D eigenvalue weighted by Crippen LogP contribution is 2.45. The molecule has 0 saturated heterocycles. The van der Waals surface area contributed by atoms with Crippen LogP contribution in [0.1, 0.15) is 66.7 Å². The molecule has 1 atom stereocenters. The summed E-state index contributed by atoms with van der Waals surface area (Å²) < 4.78 is 0. The average molecular weight is 182 g/mol. The SMILES string of the molecule is CC1CCCCC(C)(C)CC1(C)C. The quantitative estimate of drug-likeness (QED) is 0.512. The van der Waals surface area contributed by atoms with E-state index in [0.29, 0.717) is 10.8 Å². The van der Waals surface area contributed by atoms with Crippen LogP contribution in [0.2, 0.25) is 0 Å². The zero-order chi connectivity index (χ0) is 10.1. The third-order valence-corrected chi connectivity index (χ3v) is 4.01. The van der Waals surface area contributed by atoms with Gasteiger partial charge in [0.15, 0.2) is 0 Å². The van der Waals surface area contributed by atoms with Gasteiger partial charge in [-0.2, -0.15) is 0 Å². The van der Waals surface area contributed by atoms with E-state index < -0.39 is 0 Å². The third kappa shape index (κ3) is 3.00. The Labute approximate surface area is 84.1 Å². The average Bonchev–Trinajstić information content (AvgIpc) is 1.94. The van der Waals surface area contributed by atoms with Crippen molar-refractivity contribution in [2.75, 3.05) is 0 Å². The molecule has 0 heterocycles. The van der Waals surface area contributed by atoms with E-state index in [2.05, 4.69) is 34.6 Å². The smallest absolute Gasteiger partial charge is 0.0323 e. The summed E-state index contributed by atoms with van der Waals surface area (Å²) in [7, 11) is 0. The largest absolute Gasteiger partial charge is 0.0620 e. The van der Waals surface area contributed by atoms with E-state index in [0.717, 1.165) is 5.92 Å². The Balaban J connectivity index is 2.70. The van der Waals surface area contributed by atoms with Crippen LogP contribution in [0.15, 0.2) is 0 Å². The van der Waals surface area contributed by atoms with E-state index in [1.165, 1.54) is 32.1 Å². The van der Waals surface area contributed by atoms with Gasteiger partial charge in [-0.15, -0.1) is 0 Å². The predicted octanol–water partition coefficient (Wildman–Crippen LogP) is 4.64. The minimum atomic E-state index is 0.546. The molecule has 0 bridgehead atoms. The summed E-state index contributed by atoms with van der Waals surface area (Å²) in [5, 5.41) is 0. The Kier molecular flexibility index (Phi) is 3.09. The Morgan fingerprint density at radius 3 is 2.23 bits per heavy atom. The maximum atomic E-state index is 2.45. The second-order valence-corrected chi connectivity index (χ2v) is 6.48. The Morgan fingerprint density at radius 1 is 1.00 bits per heavy atom. The van der Waals surface area contributed by atoms with E-state index in [9.17, 15) is 0 Å². The minimum absolute atomic E-state index is 0.546. The standard InChI is InChI=1S/C13H26/c1-11-8-6-7-9-12(2,3)10-13(11,4)5/h11H,6-10H2,1-5H3. The van der Waals surface area contributed by atoms with Crippen molar-refractivity contribution < 1.29 is 0 Å². The van der Waals surface area contributed by atoms with Gasteiger partial charge in [0.2, 0.25) is 0 Å². The van der Waals surface area contributed by atoms with Gasteiger partial charge in [0, 0.05) is 0 Å². The first kappa shape index (κ1) is 11.1. The minimum Gasteiger partial charge on any atom is -0.0620 e. The second-order valence-electron chi connectivity index (χ2n) is 6.48. The molecule has 1 saturated carbocycles. The monoisotopic (exact) mass is 182 g/mol. The van der Waals surface area contributed by atoms with Crippen LogP contribution < -0.4 is 0 Å². The van der Waals surface area contributed by atoms with Crippen LogP contribution >= 0.6 is 0 Å². The molecule has 0 spiro atoms. The highest BCUT2D eigenvalue weighted by Gasteiger charge is 2.34. The second kappa shape index (κ2) is 3.63. The lowest BCUT2D eigenvalue weighted by Gasteiger charge is -2.41. The maximum Gasteiger partial charge on any atom is -0.0323 e. The number of hydrogen-bond donors (Lipinski definition) is 0. The van der Waals surface area contributed by atoms with Crippen molar-refractivity contribution in [3.63, 3.8) is 0 Å². The highest BCUT2D eigenvalue weighted by molar-refractivity contribution is 4.85.